The molecule has 0 fully saturated rings. The predicted octanol–water partition coefficient (Wildman–Crippen LogP) is 18.0. The van der Waals surface area contributed by atoms with E-state index in [0.717, 1.165) is 67.1 Å². The second-order valence-electron chi connectivity index (χ2n) is 21.6. The zero-order chi connectivity index (χ0) is 54.8. The first-order chi connectivity index (χ1) is 41.2. The normalized spacial score (nSPS) is 11.9. The van der Waals surface area contributed by atoms with Gasteiger partial charge in [-0.15, -0.1) is 0 Å². The summed E-state index contributed by atoms with van der Waals surface area (Å²) >= 11 is 0. The van der Waals surface area contributed by atoms with Crippen molar-refractivity contribution >= 4 is 111 Å². The molecule has 0 atom stereocenters. The molecule has 5 heteroatoms. The summed E-state index contributed by atoms with van der Waals surface area (Å²) in [4.78, 5) is 2.37. The third kappa shape index (κ3) is 7.89. The first-order valence-electron chi connectivity index (χ1n) is 28.5. The minimum absolute atomic E-state index is 0.840. The first kappa shape index (κ1) is 48.2. The van der Waals surface area contributed by atoms with Crippen molar-refractivity contribution in [3.8, 4) is 33.6 Å². The number of fused-ring (bicyclic) bond motifs is 9. The van der Waals surface area contributed by atoms with Crippen molar-refractivity contribution in [1.29, 1.82) is 0 Å². The van der Waals surface area contributed by atoms with Gasteiger partial charge in [0.2, 0.25) is 0 Å². The first-order valence-corrected chi connectivity index (χ1v) is 30.5. The predicted molar refractivity (Wildman–Crippen MR) is 352 cm³/mol. The molecule has 0 radical (unpaired) electrons. The minimum Gasteiger partial charge on any atom is -0.455 e. The minimum atomic E-state index is -2.74. The highest BCUT2D eigenvalue weighted by Crippen LogP contribution is 2.43. The summed E-state index contributed by atoms with van der Waals surface area (Å²) in [6, 6.07) is 118. The third-order valence-electron chi connectivity index (χ3n) is 17.1. The number of benzene rings is 13. The molecule has 0 aliphatic heterocycles. The van der Waals surface area contributed by atoms with Gasteiger partial charge in [-0.25, -0.2) is 0 Å². The van der Waals surface area contributed by atoms with E-state index in [0.29, 0.717) is 0 Å². The number of nitrogens with zero attached hydrogens (tertiary/aromatic N) is 3. The van der Waals surface area contributed by atoms with Gasteiger partial charge in [-0.3, -0.25) is 0 Å². The Morgan fingerprint density at radius 3 is 1.14 bits per heavy atom. The number of anilines is 3. The topological polar surface area (TPSA) is 26.2 Å². The lowest BCUT2D eigenvalue weighted by atomic mass is 9.97. The molecule has 3 aromatic heterocycles. The van der Waals surface area contributed by atoms with Crippen LogP contribution < -0.4 is 25.6 Å². The zero-order valence-corrected chi connectivity index (χ0v) is 46.3. The van der Waals surface area contributed by atoms with Crippen molar-refractivity contribution in [2.75, 3.05) is 4.90 Å². The van der Waals surface area contributed by atoms with Crippen molar-refractivity contribution in [3.05, 3.63) is 322 Å². The van der Waals surface area contributed by atoms with Crippen LogP contribution in [0.15, 0.2) is 326 Å². The maximum atomic E-state index is 6.98. The van der Waals surface area contributed by atoms with Crippen LogP contribution in [0.25, 0.3) is 99.2 Å². The Bertz CT molecular complexity index is 4720. The molecular weight excluding hydrogens is 1020 g/mol. The molecule has 0 N–H and O–H groups in total. The second-order valence-corrected chi connectivity index (χ2v) is 25.4. The van der Waals surface area contributed by atoms with E-state index in [2.05, 4.69) is 336 Å². The number of hydrogen-bond donors (Lipinski definition) is 0. The molecule has 4 nitrogen and oxygen atoms in total. The molecule has 0 aliphatic rings. The van der Waals surface area contributed by atoms with Gasteiger partial charge in [0.15, 0.2) is 8.07 Å². The fourth-order valence-corrected chi connectivity index (χ4v) is 18.2. The summed E-state index contributed by atoms with van der Waals surface area (Å²) in [6.07, 6.45) is 0. The number of rotatable bonds is 11. The van der Waals surface area contributed by atoms with E-state index in [-0.39, 0.29) is 0 Å². The molecule has 0 unspecified atom stereocenters. The SMILES string of the molecule is c1ccc([Si](c2ccccc2)(c2ccccc2)c2cccc(-c3cccc(-c4cccc5c4oc4ccc(N(c6ccc(-n7c8ccccc8c8ccccc87)cc6)c6ccc(-n7c8ccccc8c8ccccc87)cc6)cc45)c3)c2)cc1. The van der Waals surface area contributed by atoms with E-state index < -0.39 is 8.07 Å². The lowest BCUT2D eigenvalue weighted by molar-refractivity contribution is 0.670. The maximum Gasteiger partial charge on any atom is 0.179 e. The molecule has 0 amide bonds. The van der Waals surface area contributed by atoms with Crippen LogP contribution in [-0.4, -0.2) is 17.2 Å². The number of para-hydroxylation sites is 5. The summed E-state index contributed by atoms with van der Waals surface area (Å²) in [6.45, 7) is 0. The zero-order valence-electron chi connectivity index (χ0n) is 45.3. The highest BCUT2D eigenvalue weighted by Gasteiger charge is 2.41. The lowest BCUT2D eigenvalue weighted by Gasteiger charge is -2.34. The Hall–Kier alpha value is -10.7. The lowest BCUT2D eigenvalue weighted by Crippen LogP contribution is -2.74. The van der Waals surface area contributed by atoms with Gasteiger partial charge in [0, 0.05) is 66.3 Å². The summed E-state index contributed by atoms with van der Waals surface area (Å²) in [5, 5.41) is 12.5. The van der Waals surface area contributed by atoms with Crippen molar-refractivity contribution in [1.82, 2.24) is 9.13 Å². The molecule has 0 saturated carbocycles. The van der Waals surface area contributed by atoms with Crippen LogP contribution in [0.2, 0.25) is 0 Å². The molecule has 390 valence electrons. The van der Waals surface area contributed by atoms with E-state index in [9.17, 15) is 0 Å². The fourth-order valence-electron chi connectivity index (χ4n) is 13.4. The smallest absolute Gasteiger partial charge is 0.179 e. The van der Waals surface area contributed by atoms with Gasteiger partial charge in [-0.1, -0.05) is 224 Å². The standard InChI is InChI=1S/C78H53N3OSi/c1-4-24-62(25-5-1)83(63-26-6-2-7-27-63,64-28-8-3-9-29-64)65-30-19-22-55(52-65)54-21-18-23-56(51-54)66-35-20-36-71-72-53-61(49-50-77(72)82-78(66)71)79(57-41-45-59(46-42-57)80-73-37-14-10-31-67(73)68-32-11-15-38-74(68)80)58-43-47-60(48-44-58)81-75-39-16-12-33-69(75)70-34-13-17-40-76(70)81/h1-53H. The summed E-state index contributed by atoms with van der Waals surface area (Å²) in [7, 11) is -2.74. The van der Waals surface area contributed by atoms with E-state index in [1.54, 1.807) is 0 Å². The monoisotopic (exact) mass is 1080 g/mol. The van der Waals surface area contributed by atoms with Crippen LogP contribution in [0.4, 0.5) is 17.1 Å². The molecule has 0 spiro atoms. The average Bonchev–Trinajstić information content (AvgIpc) is 3.68. The summed E-state index contributed by atoms with van der Waals surface area (Å²) in [5.41, 5.74) is 16.3. The molecule has 16 rings (SSSR count). The second kappa shape index (κ2) is 19.8. The van der Waals surface area contributed by atoms with Gasteiger partial charge in [0.25, 0.3) is 0 Å². The van der Waals surface area contributed by atoms with Crippen LogP contribution in [0, 0.1) is 0 Å². The van der Waals surface area contributed by atoms with Crippen molar-refractivity contribution in [3.63, 3.8) is 0 Å². The highest BCUT2D eigenvalue weighted by atomic mass is 28.3. The van der Waals surface area contributed by atoms with Gasteiger partial charge in [-0.2, -0.15) is 0 Å². The Morgan fingerprint density at radius 2 is 0.651 bits per heavy atom. The molecule has 3 heterocycles. The molecule has 0 aliphatic carbocycles. The van der Waals surface area contributed by atoms with E-state index >= 15 is 0 Å². The summed E-state index contributed by atoms with van der Waals surface area (Å²) < 4.78 is 11.7. The Kier molecular flexibility index (Phi) is 11.5. The van der Waals surface area contributed by atoms with Crippen LogP contribution in [0.1, 0.15) is 0 Å². The number of furan rings is 1. The molecule has 13 aromatic carbocycles. The molecule has 16 aromatic rings. The van der Waals surface area contributed by atoms with Gasteiger partial charge in [0.05, 0.1) is 22.1 Å². The maximum absolute atomic E-state index is 6.98. The van der Waals surface area contributed by atoms with E-state index in [1.807, 2.05) is 0 Å². The van der Waals surface area contributed by atoms with Crippen LogP contribution in [0.3, 0.4) is 0 Å². The van der Waals surface area contributed by atoms with Gasteiger partial charge >= 0.3 is 0 Å². The Morgan fingerprint density at radius 1 is 0.265 bits per heavy atom. The Labute approximate surface area is 482 Å². The van der Waals surface area contributed by atoms with E-state index in [1.165, 1.54) is 69.9 Å². The van der Waals surface area contributed by atoms with Crippen LogP contribution in [-0.2, 0) is 0 Å². The van der Waals surface area contributed by atoms with Crippen molar-refractivity contribution in [2.45, 2.75) is 0 Å². The van der Waals surface area contributed by atoms with Crippen LogP contribution >= 0.6 is 0 Å². The third-order valence-corrected chi connectivity index (χ3v) is 21.8. The molecule has 0 bridgehead atoms. The van der Waals surface area contributed by atoms with Crippen molar-refractivity contribution in [2.24, 2.45) is 0 Å². The molecule has 0 saturated heterocycles. The molecular formula is C78H53N3OSi. The number of hydrogen-bond acceptors (Lipinski definition) is 2. The van der Waals surface area contributed by atoms with E-state index in [4.69, 9.17) is 4.42 Å². The molecule has 83 heavy (non-hydrogen) atoms. The summed E-state index contributed by atoms with van der Waals surface area (Å²) in [5.74, 6) is 0. The van der Waals surface area contributed by atoms with Gasteiger partial charge < -0.3 is 18.5 Å². The van der Waals surface area contributed by atoms with Gasteiger partial charge in [0.1, 0.15) is 11.2 Å². The average molecular weight is 1080 g/mol. The highest BCUT2D eigenvalue weighted by molar-refractivity contribution is 7.19. The quantitative estimate of drug-likeness (QED) is 0.0953. The van der Waals surface area contributed by atoms with Gasteiger partial charge in [-0.05, 0) is 134 Å². The number of aromatic nitrogens is 2. The fraction of sp³-hybridized carbons (Fsp3) is 0. The van der Waals surface area contributed by atoms with Crippen molar-refractivity contribution < 1.29 is 4.42 Å². The van der Waals surface area contributed by atoms with Crippen LogP contribution in [0.5, 0.6) is 0 Å². The largest absolute Gasteiger partial charge is 0.455 e. The Balaban J connectivity index is 0.805.